The normalized spacial score (nSPS) is 30.0. The lowest BCUT2D eigenvalue weighted by Gasteiger charge is -2.46. The Morgan fingerprint density at radius 3 is 2.86 bits per heavy atom. The van der Waals surface area contributed by atoms with Crippen LogP contribution in [0.2, 0.25) is 0 Å². The van der Waals surface area contributed by atoms with Crippen molar-refractivity contribution in [1.29, 1.82) is 0 Å². The predicted octanol–water partition coefficient (Wildman–Crippen LogP) is 0.885. The van der Waals surface area contributed by atoms with Crippen LogP contribution in [0.1, 0.15) is 26.2 Å². The van der Waals surface area contributed by atoms with E-state index in [1.807, 2.05) is 30.3 Å². The molecular formula is C18H27N2O2+. The van der Waals surface area contributed by atoms with Crippen molar-refractivity contribution in [3.63, 3.8) is 0 Å². The number of fused-ring (bicyclic) bond motifs is 3. The Hall–Kier alpha value is -1.55. The summed E-state index contributed by atoms with van der Waals surface area (Å²) < 4.78 is 5.49. The minimum Gasteiger partial charge on any atom is -0.484 e. The first-order valence-corrected chi connectivity index (χ1v) is 8.55. The van der Waals surface area contributed by atoms with Gasteiger partial charge in [0, 0.05) is 18.8 Å². The zero-order valence-corrected chi connectivity index (χ0v) is 13.4. The number of amides is 1. The van der Waals surface area contributed by atoms with Crippen LogP contribution in [0.5, 0.6) is 5.75 Å². The average Bonchev–Trinajstić information content (AvgIpc) is 2.59. The zero-order valence-electron chi connectivity index (χ0n) is 13.4. The molecule has 3 saturated heterocycles. The zero-order chi connectivity index (χ0) is 15.4. The Bertz CT molecular complexity index is 491. The van der Waals surface area contributed by atoms with Crippen molar-refractivity contribution < 1.29 is 14.4 Å². The van der Waals surface area contributed by atoms with Gasteiger partial charge in [-0.3, -0.25) is 4.79 Å². The van der Waals surface area contributed by atoms with Gasteiger partial charge < -0.3 is 15.0 Å². The summed E-state index contributed by atoms with van der Waals surface area (Å²) in [5.41, 5.74) is 0. The summed E-state index contributed by atoms with van der Waals surface area (Å²) in [7, 11) is 0. The van der Waals surface area contributed by atoms with Crippen LogP contribution in [-0.4, -0.2) is 38.2 Å². The molecule has 120 valence electrons. The number of piperidine rings is 3. The molecule has 4 atom stereocenters. The molecule has 1 aromatic rings. The lowest BCUT2D eigenvalue weighted by Crippen LogP contribution is -3.20. The molecule has 4 rings (SSSR count). The highest BCUT2D eigenvalue weighted by atomic mass is 16.5. The first kappa shape index (κ1) is 15.3. The quantitative estimate of drug-likeness (QED) is 0.819. The molecule has 3 fully saturated rings. The first-order valence-electron chi connectivity index (χ1n) is 8.55. The van der Waals surface area contributed by atoms with Crippen molar-refractivity contribution in [3.05, 3.63) is 30.3 Å². The van der Waals surface area contributed by atoms with E-state index in [0.29, 0.717) is 6.04 Å². The second-order valence-electron chi connectivity index (χ2n) is 6.67. The molecule has 0 saturated carbocycles. The number of rotatable bonds is 6. The van der Waals surface area contributed by atoms with Crippen LogP contribution in [0, 0.1) is 11.8 Å². The smallest absolute Gasteiger partial charge is 0.258 e. The number of benzene rings is 1. The van der Waals surface area contributed by atoms with Crippen LogP contribution in [0.25, 0.3) is 0 Å². The Morgan fingerprint density at radius 1 is 1.36 bits per heavy atom. The molecule has 3 heterocycles. The molecule has 0 aromatic heterocycles. The highest BCUT2D eigenvalue weighted by molar-refractivity contribution is 5.77. The Morgan fingerprint density at radius 2 is 2.18 bits per heavy atom. The van der Waals surface area contributed by atoms with E-state index in [0.717, 1.165) is 24.1 Å². The fourth-order valence-electron chi connectivity index (χ4n) is 4.08. The van der Waals surface area contributed by atoms with Crippen LogP contribution in [0.15, 0.2) is 30.3 Å². The molecule has 0 radical (unpaired) electrons. The molecule has 0 spiro atoms. The van der Waals surface area contributed by atoms with E-state index >= 15 is 0 Å². The highest BCUT2D eigenvalue weighted by Crippen LogP contribution is 2.28. The van der Waals surface area contributed by atoms with Gasteiger partial charge in [0.2, 0.25) is 0 Å². The van der Waals surface area contributed by atoms with Gasteiger partial charge in [-0.05, 0) is 24.5 Å². The maximum atomic E-state index is 11.9. The van der Waals surface area contributed by atoms with Crippen LogP contribution >= 0.6 is 0 Å². The van der Waals surface area contributed by atoms with Crippen LogP contribution in [0.3, 0.4) is 0 Å². The van der Waals surface area contributed by atoms with Crippen molar-refractivity contribution in [3.8, 4) is 5.75 Å². The van der Waals surface area contributed by atoms with Crippen molar-refractivity contribution in [2.75, 3.05) is 26.2 Å². The van der Waals surface area contributed by atoms with Gasteiger partial charge in [0.05, 0.1) is 19.6 Å². The number of ether oxygens (including phenoxy) is 1. The monoisotopic (exact) mass is 303 g/mol. The van der Waals surface area contributed by atoms with E-state index in [9.17, 15) is 4.79 Å². The summed E-state index contributed by atoms with van der Waals surface area (Å²) in [6, 6.07) is 10.1. The number of hydrogen-bond acceptors (Lipinski definition) is 2. The highest BCUT2D eigenvalue weighted by Gasteiger charge is 2.42. The molecule has 3 aliphatic rings. The van der Waals surface area contributed by atoms with Gasteiger partial charge in [-0.2, -0.15) is 0 Å². The van der Waals surface area contributed by atoms with E-state index in [2.05, 4.69) is 12.2 Å². The number of quaternary nitrogens is 1. The van der Waals surface area contributed by atoms with Crippen LogP contribution < -0.4 is 15.0 Å². The molecule has 22 heavy (non-hydrogen) atoms. The second kappa shape index (κ2) is 7.14. The molecule has 1 unspecified atom stereocenters. The van der Waals surface area contributed by atoms with Crippen LogP contribution in [0.4, 0.5) is 0 Å². The van der Waals surface area contributed by atoms with E-state index in [1.165, 1.54) is 32.4 Å². The SMILES string of the molecule is CC[C@H]1C[NH+]2CC[C@H]1C[C@@H]2CNC(=O)COc1ccccc1. The fourth-order valence-corrected chi connectivity index (χ4v) is 4.08. The summed E-state index contributed by atoms with van der Waals surface area (Å²) in [5, 5.41) is 3.06. The van der Waals surface area contributed by atoms with Gasteiger partial charge in [-0.15, -0.1) is 0 Å². The third-order valence-corrected chi connectivity index (χ3v) is 5.38. The number of carbonyl (C=O) groups is 1. The van der Waals surface area contributed by atoms with Crippen molar-refractivity contribution in [1.82, 2.24) is 5.32 Å². The molecule has 1 aromatic carbocycles. The summed E-state index contributed by atoms with van der Waals surface area (Å²) in [6.07, 6.45) is 3.95. The minimum atomic E-state index is -0.0158. The van der Waals surface area contributed by atoms with Gasteiger partial charge >= 0.3 is 0 Å². The Labute approximate surface area is 132 Å². The number of nitrogens with one attached hydrogen (secondary N) is 2. The number of para-hydroxylation sites is 1. The fraction of sp³-hybridized carbons (Fsp3) is 0.611. The average molecular weight is 303 g/mol. The molecule has 1 amide bonds. The van der Waals surface area contributed by atoms with Crippen molar-refractivity contribution in [2.24, 2.45) is 11.8 Å². The maximum Gasteiger partial charge on any atom is 0.258 e. The standard InChI is InChI=1S/C18H26N2O2/c1-2-14-12-20-9-8-15(14)10-16(20)11-19-18(21)13-22-17-6-4-3-5-7-17/h3-7,14-16H,2,8-13H2,1H3,(H,19,21)/p+1/t14-,15-,16+/m0/s1. The predicted molar refractivity (Wildman–Crippen MR) is 85.9 cm³/mol. The summed E-state index contributed by atoms with van der Waals surface area (Å²) in [5.74, 6) is 2.51. The number of carbonyl (C=O) groups excluding carboxylic acids is 1. The van der Waals surface area contributed by atoms with Crippen molar-refractivity contribution >= 4 is 5.91 Å². The Kier molecular flexibility index (Phi) is 4.98. The first-order chi connectivity index (χ1) is 10.8. The molecule has 0 aliphatic carbocycles. The third-order valence-electron chi connectivity index (χ3n) is 5.38. The van der Waals surface area contributed by atoms with Gasteiger partial charge in [0.25, 0.3) is 5.91 Å². The topological polar surface area (TPSA) is 42.8 Å². The van der Waals surface area contributed by atoms with E-state index in [4.69, 9.17) is 4.74 Å². The largest absolute Gasteiger partial charge is 0.484 e. The third kappa shape index (κ3) is 3.61. The minimum absolute atomic E-state index is 0.0158. The van der Waals surface area contributed by atoms with Crippen molar-refractivity contribution in [2.45, 2.75) is 32.2 Å². The maximum absolute atomic E-state index is 11.9. The van der Waals surface area contributed by atoms with Gasteiger partial charge in [0.15, 0.2) is 6.61 Å². The van der Waals surface area contributed by atoms with E-state index < -0.39 is 0 Å². The van der Waals surface area contributed by atoms with Gasteiger partial charge in [-0.1, -0.05) is 25.1 Å². The summed E-state index contributed by atoms with van der Waals surface area (Å²) in [4.78, 5) is 13.6. The summed E-state index contributed by atoms with van der Waals surface area (Å²) in [6.45, 7) is 5.78. The molecule has 2 N–H and O–H groups in total. The van der Waals surface area contributed by atoms with E-state index in [-0.39, 0.29) is 12.5 Å². The molecule has 3 aliphatic heterocycles. The van der Waals surface area contributed by atoms with Gasteiger partial charge in [0.1, 0.15) is 11.8 Å². The lowest BCUT2D eigenvalue weighted by molar-refractivity contribution is -0.945. The molecule has 4 nitrogen and oxygen atoms in total. The Balaban J connectivity index is 1.40. The van der Waals surface area contributed by atoms with Gasteiger partial charge in [-0.25, -0.2) is 0 Å². The van der Waals surface area contributed by atoms with Crippen LogP contribution in [-0.2, 0) is 4.79 Å². The molecule has 2 bridgehead atoms. The lowest BCUT2D eigenvalue weighted by atomic mass is 9.74. The number of hydrogen-bond donors (Lipinski definition) is 2. The molecule has 4 heteroatoms. The second-order valence-corrected chi connectivity index (χ2v) is 6.67. The van der Waals surface area contributed by atoms with E-state index in [1.54, 1.807) is 4.90 Å². The molecular weight excluding hydrogens is 276 g/mol. The summed E-state index contributed by atoms with van der Waals surface area (Å²) >= 11 is 0.